The van der Waals surface area contributed by atoms with Gasteiger partial charge >= 0.3 is 6.03 Å². The topological polar surface area (TPSA) is 87.2 Å². The van der Waals surface area contributed by atoms with Crippen molar-refractivity contribution in [2.45, 2.75) is 26.4 Å². The molecule has 0 bridgehead atoms. The standard InChI is InChI=1S/C17H16ClF2N5O2/c1-8-16(21-5-13(18)22-8)9(2)23-14(26)7-25-6-10-12(24-17(25)27)4-3-11(19)15(10)20/h3-5,9H,6-7H2,1-2H3,(H,23,26)(H,24,27). The third kappa shape index (κ3) is 3.97. The summed E-state index contributed by atoms with van der Waals surface area (Å²) in [5.74, 6) is -2.54. The van der Waals surface area contributed by atoms with Crippen molar-refractivity contribution in [3.8, 4) is 0 Å². The quantitative estimate of drug-likeness (QED) is 0.833. The van der Waals surface area contributed by atoms with Crippen molar-refractivity contribution in [2.24, 2.45) is 0 Å². The number of hydrogen-bond donors (Lipinski definition) is 2. The van der Waals surface area contributed by atoms with Crippen LogP contribution in [0.2, 0.25) is 5.15 Å². The molecule has 0 saturated heterocycles. The van der Waals surface area contributed by atoms with Gasteiger partial charge in [-0.2, -0.15) is 0 Å². The number of benzene rings is 1. The molecule has 3 rings (SSSR count). The molecular weight excluding hydrogens is 380 g/mol. The van der Waals surface area contributed by atoms with E-state index in [1.807, 2.05) is 0 Å². The summed E-state index contributed by atoms with van der Waals surface area (Å²) >= 11 is 5.77. The molecule has 3 amide bonds. The molecule has 0 radical (unpaired) electrons. The molecule has 1 unspecified atom stereocenters. The highest BCUT2D eigenvalue weighted by Crippen LogP contribution is 2.27. The van der Waals surface area contributed by atoms with Crippen molar-refractivity contribution < 1.29 is 18.4 Å². The van der Waals surface area contributed by atoms with Crippen LogP contribution in [-0.4, -0.2) is 33.4 Å². The normalized spacial score (nSPS) is 14.4. The van der Waals surface area contributed by atoms with Crippen LogP contribution in [0.25, 0.3) is 0 Å². The molecule has 2 aromatic rings. The largest absolute Gasteiger partial charge is 0.346 e. The lowest BCUT2D eigenvalue weighted by atomic mass is 10.1. The Morgan fingerprint density at radius 3 is 2.89 bits per heavy atom. The second kappa shape index (κ2) is 7.43. The molecule has 0 saturated carbocycles. The van der Waals surface area contributed by atoms with E-state index in [9.17, 15) is 18.4 Å². The predicted molar refractivity (Wildman–Crippen MR) is 94.1 cm³/mol. The van der Waals surface area contributed by atoms with E-state index in [1.54, 1.807) is 13.8 Å². The van der Waals surface area contributed by atoms with Gasteiger partial charge in [0.1, 0.15) is 11.7 Å². The van der Waals surface area contributed by atoms with E-state index < -0.39 is 29.6 Å². The average Bonchev–Trinajstić information content (AvgIpc) is 2.59. The first-order valence-corrected chi connectivity index (χ1v) is 8.45. The average molecular weight is 396 g/mol. The number of nitrogens with zero attached hydrogens (tertiary/aromatic N) is 3. The van der Waals surface area contributed by atoms with Crippen molar-refractivity contribution in [2.75, 3.05) is 11.9 Å². The van der Waals surface area contributed by atoms with Gasteiger partial charge in [0, 0.05) is 5.56 Å². The van der Waals surface area contributed by atoms with Crippen molar-refractivity contribution in [1.29, 1.82) is 0 Å². The molecular formula is C17H16ClF2N5O2. The minimum absolute atomic E-state index is 0.00476. The Bertz CT molecular complexity index is 924. The molecule has 0 aliphatic carbocycles. The van der Waals surface area contributed by atoms with Crippen LogP contribution >= 0.6 is 11.6 Å². The number of aromatic nitrogens is 2. The number of rotatable bonds is 4. The Balaban J connectivity index is 1.68. The number of anilines is 1. The molecule has 2 N–H and O–H groups in total. The Kier molecular flexibility index (Phi) is 5.22. The number of carbonyl (C=O) groups excluding carboxylic acids is 2. The van der Waals surface area contributed by atoms with E-state index in [2.05, 4.69) is 20.6 Å². The van der Waals surface area contributed by atoms with Gasteiger partial charge in [-0.3, -0.25) is 9.78 Å². The number of carbonyl (C=O) groups is 2. The summed E-state index contributed by atoms with van der Waals surface area (Å²) in [6.07, 6.45) is 1.37. The molecule has 1 aromatic heterocycles. The number of hydrogen-bond acceptors (Lipinski definition) is 4. The molecule has 2 heterocycles. The first kappa shape index (κ1) is 19.0. The summed E-state index contributed by atoms with van der Waals surface area (Å²) in [6.45, 7) is 2.88. The van der Waals surface area contributed by atoms with Crippen LogP contribution < -0.4 is 10.6 Å². The van der Waals surface area contributed by atoms with Crippen LogP contribution in [-0.2, 0) is 11.3 Å². The number of aryl methyl sites for hydroxylation is 1. The highest BCUT2D eigenvalue weighted by Gasteiger charge is 2.28. The van der Waals surface area contributed by atoms with Gasteiger partial charge in [-0.05, 0) is 26.0 Å². The van der Waals surface area contributed by atoms with Gasteiger partial charge in [0.25, 0.3) is 0 Å². The minimum Gasteiger partial charge on any atom is -0.346 e. The second-order valence-corrected chi connectivity index (χ2v) is 6.51. The van der Waals surface area contributed by atoms with E-state index in [-0.39, 0.29) is 29.5 Å². The lowest BCUT2D eigenvalue weighted by molar-refractivity contribution is -0.122. The Morgan fingerprint density at radius 1 is 1.44 bits per heavy atom. The van der Waals surface area contributed by atoms with E-state index >= 15 is 0 Å². The maximum atomic E-state index is 14.0. The summed E-state index contributed by atoms with van der Waals surface area (Å²) in [5.41, 5.74) is 1.29. The maximum Gasteiger partial charge on any atom is 0.322 e. The van der Waals surface area contributed by atoms with Crippen molar-refractivity contribution in [3.05, 3.63) is 52.1 Å². The summed E-state index contributed by atoms with van der Waals surface area (Å²) < 4.78 is 27.4. The smallest absolute Gasteiger partial charge is 0.322 e. The molecule has 7 nitrogen and oxygen atoms in total. The SMILES string of the molecule is Cc1nc(Cl)cnc1C(C)NC(=O)CN1Cc2c(ccc(F)c2F)NC1=O. The van der Waals surface area contributed by atoms with E-state index in [0.29, 0.717) is 11.4 Å². The van der Waals surface area contributed by atoms with Crippen LogP contribution in [0.15, 0.2) is 18.3 Å². The molecule has 0 spiro atoms. The zero-order chi connectivity index (χ0) is 19.7. The monoisotopic (exact) mass is 395 g/mol. The Morgan fingerprint density at radius 2 is 2.19 bits per heavy atom. The van der Waals surface area contributed by atoms with E-state index in [4.69, 9.17) is 11.6 Å². The van der Waals surface area contributed by atoms with Crippen molar-refractivity contribution in [3.63, 3.8) is 0 Å². The molecule has 1 aliphatic rings. The van der Waals surface area contributed by atoms with Gasteiger partial charge in [0.05, 0.1) is 35.9 Å². The summed E-state index contributed by atoms with van der Waals surface area (Å²) in [6, 6.07) is 1.18. The summed E-state index contributed by atoms with van der Waals surface area (Å²) in [5, 5.41) is 5.39. The third-order valence-corrected chi connectivity index (χ3v) is 4.33. The molecule has 10 heteroatoms. The third-order valence-electron chi connectivity index (χ3n) is 4.15. The van der Waals surface area contributed by atoms with Crippen LogP contribution in [0.1, 0.15) is 29.9 Å². The Hall–Kier alpha value is -2.81. The van der Waals surface area contributed by atoms with Crippen molar-refractivity contribution in [1.82, 2.24) is 20.2 Å². The Labute approximate surface area is 158 Å². The first-order chi connectivity index (χ1) is 12.8. The second-order valence-electron chi connectivity index (χ2n) is 6.13. The number of fused-ring (bicyclic) bond motifs is 1. The van der Waals surface area contributed by atoms with Gasteiger partial charge in [-0.1, -0.05) is 11.6 Å². The van der Waals surface area contributed by atoms with E-state index in [1.165, 1.54) is 12.3 Å². The van der Waals surface area contributed by atoms with Crippen molar-refractivity contribution >= 4 is 29.2 Å². The number of urea groups is 1. The molecule has 142 valence electrons. The lowest BCUT2D eigenvalue weighted by Crippen LogP contribution is -2.45. The number of halogens is 3. The fourth-order valence-corrected chi connectivity index (χ4v) is 3.04. The van der Waals surface area contributed by atoms with Gasteiger partial charge in [-0.25, -0.2) is 18.6 Å². The molecule has 1 atom stereocenters. The van der Waals surface area contributed by atoms with Gasteiger partial charge < -0.3 is 15.5 Å². The lowest BCUT2D eigenvalue weighted by Gasteiger charge is -2.29. The minimum atomic E-state index is -1.04. The highest BCUT2D eigenvalue weighted by molar-refractivity contribution is 6.29. The first-order valence-electron chi connectivity index (χ1n) is 8.07. The maximum absolute atomic E-state index is 14.0. The van der Waals surface area contributed by atoms with E-state index in [0.717, 1.165) is 11.0 Å². The molecule has 1 aliphatic heterocycles. The van der Waals surface area contributed by atoms with Crippen LogP contribution in [0, 0.1) is 18.6 Å². The molecule has 27 heavy (non-hydrogen) atoms. The van der Waals surface area contributed by atoms with Crippen LogP contribution in [0.3, 0.4) is 0 Å². The van der Waals surface area contributed by atoms with Gasteiger partial charge in [0.2, 0.25) is 5.91 Å². The highest BCUT2D eigenvalue weighted by atomic mass is 35.5. The summed E-state index contributed by atoms with van der Waals surface area (Å²) in [4.78, 5) is 33.7. The zero-order valence-electron chi connectivity index (χ0n) is 14.5. The van der Waals surface area contributed by atoms with Crippen LogP contribution in [0.4, 0.5) is 19.3 Å². The predicted octanol–water partition coefficient (Wildman–Crippen LogP) is 2.94. The molecule has 1 aromatic carbocycles. The number of amides is 3. The number of nitrogens with one attached hydrogen (secondary N) is 2. The van der Waals surface area contributed by atoms with Gasteiger partial charge in [-0.15, -0.1) is 0 Å². The summed E-state index contributed by atoms with van der Waals surface area (Å²) in [7, 11) is 0. The molecule has 0 fully saturated rings. The van der Waals surface area contributed by atoms with Crippen LogP contribution in [0.5, 0.6) is 0 Å². The van der Waals surface area contributed by atoms with Gasteiger partial charge in [0.15, 0.2) is 11.6 Å². The fourth-order valence-electron chi connectivity index (χ4n) is 2.87. The zero-order valence-corrected chi connectivity index (χ0v) is 15.3. The fraction of sp³-hybridized carbons (Fsp3) is 0.294.